The maximum Gasteiger partial charge on any atom is 0.410 e. The van der Waals surface area contributed by atoms with Crippen molar-refractivity contribution in [1.29, 1.82) is 0 Å². The molecule has 1 N–H and O–H groups in total. The number of carbonyl (C=O) groups excluding carboxylic acids is 1. The summed E-state index contributed by atoms with van der Waals surface area (Å²) in [5.41, 5.74) is 3.72. The quantitative estimate of drug-likeness (QED) is 0.318. The third kappa shape index (κ3) is 5.38. The van der Waals surface area contributed by atoms with Crippen molar-refractivity contribution in [3.05, 3.63) is 119 Å². The molecule has 4 aromatic rings. The monoisotopic (exact) mass is 504 g/mol. The highest BCUT2D eigenvalue weighted by molar-refractivity contribution is 5.99. The zero-order chi connectivity index (χ0) is 26.0. The van der Waals surface area contributed by atoms with E-state index in [1.54, 1.807) is 4.90 Å². The number of hydrogen-bond donors (Lipinski definition) is 1. The number of halogens is 3. The Bertz CT molecular complexity index is 1310. The molecule has 37 heavy (non-hydrogen) atoms. The summed E-state index contributed by atoms with van der Waals surface area (Å²) in [6.07, 6.45) is -3.48. The molecule has 190 valence electrons. The second-order valence-electron chi connectivity index (χ2n) is 9.38. The fourth-order valence-corrected chi connectivity index (χ4v) is 4.71. The molecule has 2 heterocycles. The Morgan fingerprint density at radius 2 is 1.51 bits per heavy atom. The third-order valence-electron chi connectivity index (χ3n) is 6.67. The number of alkyl halides is 3. The van der Waals surface area contributed by atoms with Gasteiger partial charge in [-0.1, -0.05) is 90.5 Å². The second kappa shape index (κ2) is 10.1. The Balaban J connectivity index is 1.51. The molecule has 0 aliphatic carbocycles. The van der Waals surface area contributed by atoms with E-state index in [4.69, 9.17) is 0 Å². The second-order valence-corrected chi connectivity index (χ2v) is 9.38. The molecular formula is C29H27F3N4O. The van der Waals surface area contributed by atoms with Gasteiger partial charge in [-0.05, 0) is 23.6 Å². The van der Waals surface area contributed by atoms with Crippen molar-refractivity contribution < 1.29 is 18.0 Å². The van der Waals surface area contributed by atoms with Gasteiger partial charge >= 0.3 is 6.18 Å². The lowest BCUT2D eigenvalue weighted by Crippen LogP contribution is -2.37. The lowest BCUT2D eigenvalue weighted by atomic mass is 9.96. The van der Waals surface area contributed by atoms with Crippen LogP contribution in [0.4, 0.5) is 19.0 Å². The van der Waals surface area contributed by atoms with Gasteiger partial charge in [0.2, 0.25) is 0 Å². The van der Waals surface area contributed by atoms with Crippen LogP contribution in [0.15, 0.2) is 91.1 Å². The first kappa shape index (κ1) is 24.6. The predicted molar refractivity (Wildman–Crippen MR) is 136 cm³/mol. The number of amides is 1. The normalized spacial score (nSPS) is 17.1. The first-order valence-corrected chi connectivity index (χ1v) is 12.1. The molecule has 3 aromatic carbocycles. The van der Waals surface area contributed by atoms with Crippen LogP contribution in [0.2, 0.25) is 0 Å². The molecule has 0 unspecified atom stereocenters. The number of rotatable bonds is 6. The summed E-state index contributed by atoms with van der Waals surface area (Å²) >= 11 is 0. The van der Waals surface area contributed by atoms with Crippen molar-refractivity contribution in [3.8, 4) is 0 Å². The summed E-state index contributed by atoms with van der Waals surface area (Å²) in [6.45, 7) is 2.54. The first-order valence-electron chi connectivity index (χ1n) is 12.1. The number of aryl methyl sites for hydroxylation is 1. The zero-order valence-electron chi connectivity index (χ0n) is 20.3. The number of nitrogens with one attached hydrogen (secondary N) is 1. The van der Waals surface area contributed by atoms with E-state index >= 15 is 0 Å². The minimum atomic E-state index is -4.51. The minimum absolute atomic E-state index is 0.0928. The Morgan fingerprint density at radius 3 is 2.05 bits per heavy atom. The molecule has 5 nitrogen and oxygen atoms in total. The van der Waals surface area contributed by atoms with Crippen molar-refractivity contribution in [1.82, 2.24) is 14.7 Å². The number of fused-ring (bicyclic) bond motifs is 1. The van der Waals surface area contributed by atoms with Gasteiger partial charge in [0.1, 0.15) is 11.4 Å². The molecule has 1 aromatic heterocycles. The highest BCUT2D eigenvalue weighted by atomic mass is 19.4. The molecule has 0 saturated carbocycles. The van der Waals surface area contributed by atoms with Crippen LogP contribution in [-0.4, -0.2) is 26.8 Å². The van der Waals surface area contributed by atoms with Crippen LogP contribution in [0.1, 0.15) is 51.1 Å². The van der Waals surface area contributed by atoms with E-state index in [1.807, 2.05) is 91.9 Å². The summed E-state index contributed by atoms with van der Waals surface area (Å²) in [5.74, 6) is -0.290. The number of anilines is 1. The van der Waals surface area contributed by atoms with Crippen molar-refractivity contribution in [2.45, 2.75) is 44.7 Å². The highest BCUT2D eigenvalue weighted by Crippen LogP contribution is 2.44. The van der Waals surface area contributed by atoms with E-state index < -0.39 is 18.3 Å². The molecular weight excluding hydrogens is 477 g/mol. The van der Waals surface area contributed by atoms with E-state index in [1.165, 1.54) is 6.20 Å². The van der Waals surface area contributed by atoms with E-state index in [0.717, 1.165) is 26.9 Å². The van der Waals surface area contributed by atoms with Crippen LogP contribution in [0, 0.1) is 6.92 Å². The van der Waals surface area contributed by atoms with Crippen molar-refractivity contribution >= 4 is 11.7 Å². The van der Waals surface area contributed by atoms with Gasteiger partial charge in [0.25, 0.3) is 5.91 Å². The lowest BCUT2D eigenvalue weighted by Gasteiger charge is -2.34. The van der Waals surface area contributed by atoms with Crippen molar-refractivity contribution in [2.75, 3.05) is 5.32 Å². The zero-order valence-corrected chi connectivity index (χ0v) is 20.3. The summed E-state index contributed by atoms with van der Waals surface area (Å²) < 4.78 is 43.3. The molecule has 8 heteroatoms. The van der Waals surface area contributed by atoms with Crippen LogP contribution in [0.3, 0.4) is 0 Å². The van der Waals surface area contributed by atoms with Crippen LogP contribution >= 0.6 is 0 Å². The Hall–Kier alpha value is -4.07. The fourth-order valence-electron chi connectivity index (χ4n) is 4.71. The molecule has 0 fully saturated rings. The Labute approximate surface area is 213 Å². The van der Waals surface area contributed by atoms with Gasteiger partial charge < -0.3 is 10.2 Å². The molecule has 1 amide bonds. The predicted octanol–water partition coefficient (Wildman–Crippen LogP) is 6.69. The number of carbonyl (C=O) groups is 1. The summed E-state index contributed by atoms with van der Waals surface area (Å²) in [4.78, 5) is 15.5. The van der Waals surface area contributed by atoms with E-state index in [9.17, 15) is 18.0 Å². The summed E-state index contributed by atoms with van der Waals surface area (Å²) in [6, 6.07) is 24.0. The molecule has 0 bridgehead atoms. The van der Waals surface area contributed by atoms with Gasteiger partial charge in [-0.2, -0.15) is 18.3 Å². The van der Waals surface area contributed by atoms with Gasteiger partial charge in [-0.25, -0.2) is 4.68 Å². The van der Waals surface area contributed by atoms with E-state index in [-0.39, 0.29) is 23.7 Å². The van der Waals surface area contributed by atoms with Crippen LogP contribution in [0.5, 0.6) is 0 Å². The van der Waals surface area contributed by atoms with Gasteiger partial charge in [0.15, 0.2) is 6.04 Å². The topological polar surface area (TPSA) is 50.2 Å². The van der Waals surface area contributed by atoms with Gasteiger partial charge in [0, 0.05) is 19.5 Å². The highest BCUT2D eigenvalue weighted by Gasteiger charge is 2.47. The van der Waals surface area contributed by atoms with Crippen LogP contribution in [0.25, 0.3) is 0 Å². The Morgan fingerprint density at radius 1 is 0.946 bits per heavy atom. The molecule has 0 saturated heterocycles. The Kier molecular flexibility index (Phi) is 6.74. The molecule has 0 spiro atoms. The third-order valence-corrected chi connectivity index (χ3v) is 6.67. The van der Waals surface area contributed by atoms with Gasteiger partial charge in [-0.15, -0.1) is 0 Å². The van der Waals surface area contributed by atoms with Gasteiger partial charge in [0.05, 0.1) is 12.2 Å². The standard InChI is InChI=1S/C29H27F3N4O/c1-20-12-14-23(15-13-20)25-16-26(29(30,31)32)36-27(34-25)24(17-33-36)28(37)35(18-21-8-4-2-5-9-21)19-22-10-6-3-7-11-22/h2-15,17,25-26,34H,16,18-19H2,1H3/t25-,26+/m1/s1. The number of nitrogens with zero attached hydrogens (tertiary/aromatic N) is 3. The summed E-state index contributed by atoms with van der Waals surface area (Å²) in [7, 11) is 0. The average molecular weight is 505 g/mol. The van der Waals surface area contributed by atoms with Crippen molar-refractivity contribution in [3.63, 3.8) is 0 Å². The smallest absolute Gasteiger partial charge is 0.363 e. The summed E-state index contributed by atoms with van der Waals surface area (Å²) in [5, 5.41) is 7.25. The minimum Gasteiger partial charge on any atom is -0.363 e. The molecule has 2 atom stereocenters. The molecule has 0 radical (unpaired) electrons. The first-order chi connectivity index (χ1) is 17.8. The maximum atomic E-state index is 14.1. The van der Waals surface area contributed by atoms with Crippen molar-refractivity contribution in [2.24, 2.45) is 0 Å². The van der Waals surface area contributed by atoms with Crippen LogP contribution < -0.4 is 5.32 Å². The van der Waals surface area contributed by atoms with Gasteiger partial charge in [-0.3, -0.25) is 4.79 Å². The molecule has 1 aliphatic rings. The number of aromatic nitrogens is 2. The number of hydrogen-bond acceptors (Lipinski definition) is 3. The SMILES string of the molecule is Cc1ccc([C@H]2C[C@@H](C(F)(F)F)n3ncc(C(=O)N(Cc4ccccc4)Cc4ccccc4)c3N2)cc1. The van der Waals surface area contributed by atoms with E-state index in [0.29, 0.717) is 13.1 Å². The average Bonchev–Trinajstić information content (AvgIpc) is 3.32. The molecule has 1 aliphatic heterocycles. The molecule has 5 rings (SSSR count). The number of benzene rings is 3. The fraction of sp³-hybridized carbons (Fsp3) is 0.241. The lowest BCUT2D eigenvalue weighted by molar-refractivity contribution is -0.173. The van der Waals surface area contributed by atoms with E-state index in [2.05, 4.69) is 10.4 Å². The maximum absolute atomic E-state index is 14.1. The van der Waals surface area contributed by atoms with Crippen LogP contribution in [-0.2, 0) is 13.1 Å². The largest absolute Gasteiger partial charge is 0.410 e.